The molecule has 200 valence electrons. The van der Waals surface area contributed by atoms with Crippen LogP contribution in [0.15, 0.2) is 40.3 Å². The summed E-state index contributed by atoms with van der Waals surface area (Å²) in [7, 11) is 3.45. The normalized spacial score (nSPS) is 18.3. The predicted molar refractivity (Wildman–Crippen MR) is 145 cm³/mol. The number of hydrogen-bond donors (Lipinski definition) is 0. The van der Waals surface area contributed by atoms with Gasteiger partial charge in [-0.2, -0.15) is 5.26 Å². The van der Waals surface area contributed by atoms with Gasteiger partial charge in [-0.1, -0.05) is 16.8 Å². The summed E-state index contributed by atoms with van der Waals surface area (Å²) in [6, 6.07) is 8.84. The molecule has 10 heteroatoms. The van der Waals surface area contributed by atoms with E-state index < -0.39 is 22.8 Å². The molecule has 4 rings (SSSR count). The van der Waals surface area contributed by atoms with Gasteiger partial charge in [0.1, 0.15) is 39.5 Å². The van der Waals surface area contributed by atoms with E-state index >= 15 is 0 Å². The van der Waals surface area contributed by atoms with Gasteiger partial charge in [0.25, 0.3) is 5.56 Å². The van der Waals surface area contributed by atoms with Crippen LogP contribution in [0.25, 0.3) is 11.0 Å². The molecular formula is C28H30ClF2N5O2. The number of aryl methyl sites for hydroxylation is 1. The Balaban J connectivity index is 1.66. The number of benzene rings is 1. The van der Waals surface area contributed by atoms with E-state index in [2.05, 4.69) is 16.2 Å². The quantitative estimate of drug-likeness (QED) is 0.226. The third-order valence-electron chi connectivity index (χ3n) is 6.90. The van der Waals surface area contributed by atoms with Gasteiger partial charge in [-0.25, -0.2) is 13.8 Å². The summed E-state index contributed by atoms with van der Waals surface area (Å²) in [4.78, 5) is 25.0. The smallest absolute Gasteiger partial charge is 0.270 e. The molecular weight excluding hydrogens is 512 g/mol. The van der Waals surface area contributed by atoms with Gasteiger partial charge in [0.2, 0.25) is 0 Å². The van der Waals surface area contributed by atoms with E-state index in [1.807, 2.05) is 32.7 Å². The van der Waals surface area contributed by atoms with Crippen LogP contribution in [-0.4, -0.2) is 34.0 Å². The Morgan fingerprint density at radius 1 is 1.21 bits per heavy atom. The Kier molecular flexibility index (Phi) is 7.75. The molecule has 38 heavy (non-hydrogen) atoms. The zero-order valence-electron chi connectivity index (χ0n) is 22.1. The SMILES string of the molecule is CN(c1c(C#N)c(=O)n(C)c2ccc(Cl)nc12)C1CCC(/C(=N/OC(C)(C)C)c2ccc(F)cc2F)CC1. The lowest BCUT2D eigenvalue weighted by Gasteiger charge is -2.37. The molecule has 1 aromatic carbocycles. The molecule has 0 N–H and O–H groups in total. The molecule has 2 heterocycles. The van der Waals surface area contributed by atoms with Crippen molar-refractivity contribution in [3.63, 3.8) is 0 Å². The molecule has 0 spiro atoms. The van der Waals surface area contributed by atoms with Crippen LogP contribution in [0.5, 0.6) is 0 Å². The van der Waals surface area contributed by atoms with Gasteiger partial charge < -0.3 is 14.3 Å². The van der Waals surface area contributed by atoms with E-state index in [-0.39, 0.29) is 28.2 Å². The van der Waals surface area contributed by atoms with Crippen molar-refractivity contribution >= 4 is 34.0 Å². The number of anilines is 1. The second-order valence-electron chi connectivity index (χ2n) is 10.6. The van der Waals surface area contributed by atoms with Crippen LogP contribution >= 0.6 is 11.6 Å². The summed E-state index contributed by atoms with van der Waals surface area (Å²) in [6.45, 7) is 5.55. The number of fused-ring (bicyclic) bond motifs is 1. The Labute approximate surface area is 225 Å². The molecule has 0 atom stereocenters. The molecule has 0 amide bonds. The molecule has 2 aromatic heterocycles. The molecule has 0 radical (unpaired) electrons. The number of oxime groups is 1. The number of rotatable bonds is 5. The third-order valence-corrected chi connectivity index (χ3v) is 7.11. The molecule has 1 aliphatic carbocycles. The van der Waals surface area contributed by atoms with Gasteiger partial charge in [-0.3, -0.25) is 4.79 Å². The van der Waals surface area contributed by atoms with Crippen LogP contribution in [0.3, 0.4) is 0 Å². The summed E-state index contributed by atoms with van der Waals surface area (Å²) in [5, 5.41) is 14.5. The van der Waals surface area contributed by atoms with Crippen LogP contribution in [0.4, 0.5) is 14.5 Å². The molecule has 1 aliphatic rings. The molecule has 0 unspecified atom stereocenters. The van der Waals surface area contributed by atoms with Crippen LogP contribution in [0.1, 0.15) is 57.6 Å². The van der Waals surface area contributed by atoms with E-state index in [0.717, 1.165) is 6.07 Å². The molecule has 0 saturated heterocycles. The van der Waals surface area contributed by atoms with E-state index in [9.17, 15) is 18.8 Å². The van der Waals surface area contributed by atoms with Crippen LogP contribution < -0.4 is 10.5 Å². The van der Waals surface area contributed by atoms with Crippen LogP contribution in [0, 0.1) is 28.9 Å². The Hall–Kier alpha value is -3.51. The fourth-order valence-corrected chi connectivity index (χ4v) is 5.11. The first-order valence-corrected chi connectivity index (χ1v) is 12.8. The first kappa shape index (κ1) is 27.5. The highest BCUT2D eigenvalue weighted by atomic mass is 35.5. The van der Waals surface area contributed by atoms with Gasteiger partial charge in [0, 0.05) is 37.7 Å². The van der Waals surface area contributed by atoms with Gasteiger partial charge >= 0.3 is 0 Å². The number of pyridine rings is 2. The van der Waals surface area contributed by atoms with Crippen molar-refractivity contribution in [2.45, 2.75) is 58.1 Å². The predicted octanol–water partition coefficient (Wildman–Crippen LogP) is 5.95. The zero-order valence-corrected chi connectivity index (χ0v) is 22.8. The molecule has 0 bridgehead atoms. The summed E-state index contributed by atoms with van der Waals surface area (Å²) in [5.74, 6) is -1.46. The fraction of sp³-hybridized carbons (Fsp3) is 0.429. The number of nitriles is 1. The summed E-state index contributed by atoms with van der Waals surface area (Å²) >= 11 is 6.19. The Morgan fingerprint density at radius 3 is 2.50 bits per heavy atom. The topological polar surface area (TPSA) is 83.5 Å². The second kappa shape index (κ2) is 10.7. The van der Waals surface area contributed by atoms with E-state index in [1.165, 1.54) is 16.7 Å². The van der Waals surface area contributed by atoms with E-state index in [0.29, 0.717) is 48.1 Å². The maximum atomic E-state index is 14.8. The zero-order chi connectivity index (χ0) is 27.8. The lowest BCUT2D eigenvalue weighted by Crippen LogP contribution is -2.39. The fourth-order valence-electron chi connectivity index (χ4n) is 4.96. The van der Waals surface area contributed by atoms with Crippen molar-refractivity contribution in [1.82, 2.24) is 9.55 Å². The molecule has 7 nitrogen and oxygen atoms in total. The van der Waals surface area contributed by atoms with Crippen LogP contribution in [-0.2, 0) is 11.9 Å². The largest absolute Gasteiger partial charge is 0.390 e. The molecule has 1 saturated carbocycles. The van der Waals surface area contributed by atoms with Crippen molar-refractivity contribution in [2.75, 3.05) is 11.9 Å². The lowest BCUT2D eigenvalue weighted by molar-refractivity contribution is -0.0000721. The highest BCUT2D eigenvalue weighted by Crippen LogP contribution is 2.36. The third kappa shape index (κ3) is 5.51. The van der Waals surface area contributed by atoms with Crippen LogP contribution in [0.2, 0.25) is 5.15 Å². The van der Waals surface area contributed by atoms with Crippen molar-refractivity contribution in [3.8, 4) is 6.07 Å². The molecule has 0 aliphatic heterocycles. The first-order valence-electron chi connectivity index (χ1n) is 12.4. The number of aromatic nitrogens is 2. The van der Waals surface area contributed by atoms with Crippen molar-refractivity contribution in [1.29, 1.82) is 5.26 Å². The Bertz CT molecular complexity index is 1500. The van der Waals surface area contributed by atoms with Gasteiger partial charge in [-0.05, 0) is 70.7 Å². The monoisotopic (exact) mass is 541 g/mol. The van der Waals surface area contributed by atoms with Gasteiger partial charge in [0.05, 0.1) is 16.9 Å². The second-order valence-corrected chi connectivity index (χ2v) is 11.0. The molecule has 1 fully saturated rings. The van der Waals surface area contributed by atoms with E-state index in [4.69, 9.17) is 16.4 Å². The average molecular weight is 542 g/mol. The Morgan fingerprint density at radius 2 is 1.89 bits per heavy atom. The first-order chi connectivity index (χ1) is 17.9. The highest BCUT2D eigenvalue weighted by Gasteiger charge is 2.32. The van der Waals surface area contributed by atoms with Gasteiger partial charge in [0.15, 0.2) is 0 Å². The summed E-state index contributed by atoms with van der Waals surface area (Å²) in [6.07, 6.45) is 2.66. The number of hydrogen-bond acceptors (Lipinski definition) is 6. The summed E-state index contributed by atoms with van der Waals surface area (Å²) in [5.41, 5.74) is 1.20. The highest BCUT2D eigenvalue weighted by molar-refractivity contribution is 6.29. The van der Waals surface area contributed by atoms with Crippen molar-refractivity contribution in [2.24, 2.45) is 18.1 Å². The van der Waals surface area contributed by atoms with Crippen molar-refractivity contribution < 1.29 is 13.6 Å². The maximum absolute atomic E-state index is 14.8. The van der Waals surface area contributed by atoms with Gasteiger partial charge in [-0.15, -0.1) is 0 Å². The minimum Gasteiger partial charge on any atom is -0.390 e. The minimum atomic E-state index is -0.686. The molecule has 3 aromatic rings. The lowest BCUT2D eigenvalue weighted by atomic mass is 9.80. The minimum absolute atomic E-state index is 0.00796. The van der Waals surface area contributed by atoms with Crippen molar-refractivity contribution in [3.05, 3.63) is 68.6 Å². The standard InChI is InChI=1S/C28H30ClF2N5O2/c1-28(2,3)38-34-24(19-11-8-17(30)14-21(19)31)16-6-9-18(10-7-16)35(4)26-20(15-32)27(37)36(5)22-12-13-23(29)33-25(22)26/h8,11-14,16,18H,6-7,9-10H2,1-5H3/b34-24-. The summed E-state index contributed by atoms with van der Waals surface area (Å²) < 4.78 is 29.8. The number of nitrogens with zero attached hydrogens (tertiary/aromatic N) is 5. The average Bonchev–Trinajstić information content (AvgIpc) is 2.86. The van der Waals surface area contributed by atoms with E-state index in [1.54, 1.807) is 19.2 Å². The maximum Gasteiger partial charge on any atom is 0.270 e. The number of halogens is 3.